The van der Waals surface area contributed by atoms with Gasteiger partial charge in [-0.15, -0.1) is 0 Å². The normalized spacial score (nSPS) is 19.1. The van der Waals surface area contributed by atoms with Crippen LogP contribution in [0.4, 0.5) is 11.4 Å². The summed E-state index contributed by atoms with van der Waals surface area (Å²) in [5.41, 5.74) is 28.8. The predicted octanol–water partition coefficient (Wildman–Crippen LogP) is 19.2. The highest BCUT2D eigenvalue weighted by molar-refractivity contribution is 6.94. The van der Waals surface area contributed by atoms with Crippen molar-refractivity contribution >= 4 is 61.7 Å². The molecule has 0 N–H and O–H groups in total. The molecule has 2 aliphatic heterocycles. The van der Waals surface area contributed by atoms with E-state index in [1.807, 2.05) is 0 Å². The van der Waals surface area contributed by atoms with Crippen LogP contribution in [0, 0.1) is 0 Å². The highest BCUT2D eigenvalue weighted by atomic mass is 15.1. The average Bonchev–Trinajstić information content (AvgIpc) is 3.57. The largest absolute Gasteiger partial charge is 0.376 e. The van der Waals surface area contributed by atoms with E-state index in [1.54, 1.807) is 0 Å². The third kappa shape index (κ3) is 7.03. The molecule has 392 valence electrons. The molecule has 10 aromatic rings. The van der Waals surface area contributed by atoms with Gasteiger partial charge in [-0.25, -0.2) is 0 Å². The fraction of sp³-hybridized carbons (Fsp3) is 0.316. The number of hydrogen-bond donors (Lipinski definition) is 0. The highest BCUT2D eigenvalue weighted by Crippen LogP contribution is 2.57. The summed E-state index contributed by atoms with van der Waals surface area (Å²) in [4.78, 5) is 2.88. The van der Waals surface area contributed by atoms with Gasteiger partial charge in [-0.1, -0.05) is 186 Å². The molecule has 0 spiro atoms. The quantitative estimate of drug-likeness (QED) is 0.160. The molecule has 0 fully saturated rings. The summed E-state index contributed by atoms with van der Waals surface area (Å²) in [5, 5.41) is 5.26. The van der Waals surface area contributed by atoms with Gasteiger partial charge in [0.25, 0.3) is 0 Å². The van der Waals surface area contributed by atoms with E-state index < -0.39 is 0 Å². The second kappa shape index (κ2) is 16.3. The fourth-order valence-electron chi connectivity index (χ4n) is 16.0. The third-order valence-corrected chi connectivity index (χ3v) is 21.1. The number of rotatable bonds is 4. The SMILES string of the molecule is CC1(C)CCC(C)(C)c2cc(N3B4c5cc6c(cc5-n5c7ccc8ccccc8c7c7c(-c8cc(-c9ccccc9)cc(-c9ccccc9)c8)cc(c4c75)-c4cc5c(cc43)C(C)(C)CCC5(C)C)C(C)(C)CCC6(C)C)ccc21. The van der Waals surface area contributed by atoms with Crippen LogP contribution in [0.15, 0.2) is 164 Å². The van der Waals surface area contributed by atoms with Crippen molar-refractivity contribution < 1.29 is 0 Å². The van der Waals surface area contributed by atoms with Crippen LogP contribution in [0.25, 0.3) is 82.8 Å². The first-order chi connectivity index (χ1) is 37.6. The molecule has 79 heavy (non-hydrogen) atoms. The van der Waals surface area contributed by atoms with Gasteiger partial charge in [0.2, 0.25) is 0 Å². The third-order valence-electron chi connectivity index (χ3n) is 21.1. The maximum Gasteiger partial charge on any atom is 0.333 e. The summed E-state index contributed by atoms with van der Waals surface area (Å²) in [6.07, 6.45) is 7.00. The minimum Gasteiger partial charge on any atom is -0.376 e. The lowest BCUT2D eigenvalue weighted by Gasteiger charge is -2.48. The van der Waals surface area contributed by atoms with Crippen LogP contribution in [0.5, 0.6) is 0 Å². The molecular weight excluding hydrogens is 952 g/mol. The maximum atomic E-state index is 2.88. The lowest BCUT2D eigenvalue weighted by atomic mass is 9.43. The molecule has 3 heteroatoms. The predicted molar refractivity (Wildman–Crippen MR) is 339 cm³/mol. The summed E-state index contributed by atoms with van der Waals surface area (Å²) in [6.45, 7) is 29.9. The van der Waals surface area contributed by atoms with Crippen molar-refractivity contribution in [3.63, 3.8) is 0 Å². The van der Waals surface area contributed by atoms with Gasteiger partial charge in [0, 0.05) is 33.4 Å². The molecule has 0 unspecified atom stereocenters. The first-order valence-corrected chi connectivity index (χ1v) is 29.7. The van der Waals surface area contributed by atoms with Gasteiger partial charge in [0.15, 0.2) is 0 Å². The van der Waals surface area contributed by atoms with Crippen molar-refractivity contribution in [2.45, 2.75) is 154 Å². The number of anilines is 2. The molecule has 0 saturated heterocycles. The van der Waals surface area contributed by atoms with Crippen molar-refractivity contribution in [2.75, 3.05) is 4.81 Å². The number of aromatic nitrogens is 1. The molecule has 0 amide bonds. The molecule has 5 aliphatic rings. The van der Waals surface area contributed by atoms with Crippen molar-refractivity contribution in [3.8, 4) is 50.2 Å². The molecule has 0 saturated carbocycles. The fourth-order valence-corrected chi connectivity index (χ4v) is 16.0. The zero-order chi connectivity index (χ0) is 54.5. The molecule has 0 radical (unpaired) electrons. The average molecular weight is 1030 g/mol. The molecule has 0 atom stereocenters. The van der Waals surface area contributed by atoms with Gasteiger partial charge in [-0.3, -0.25) is 0 Å². The minimum atomic E-state index is -0.102. The topological polar surface area (TPSA) is 8.17 Å². The standard InChI is InChI=1S/C76H75BN2/c1-71(2)31-32-72(3,4)58-40-52(28-29-57(58)71)79-65-44-61-59(73(5,6)33-35-75(61,9)10)42-55(65)56-41-54(51-38-49(46-21-15-13-16-22-46)37-50(39-51)47-23-17-14-18-24-47)68-67-53-26-20-19-25-48(53)27-30-64(67)78-66-45-62-60(74(7,8)34-36-76(62,11)12)43-63(66)77(79)69(56)70(68)78/h13-30,37-45H,31-36H2,1-12H3. The Balaban J connectivity index is 1.17. The number of fused-ring (bicyclic) bond motifs is 13. The van der Waals surface area contributed by atoms with E-state index >= 15 is 0 Å². The lowest BCUT2D eigenvalue weighted by molar-refractivity contribution is 0.332. The van der Waals surface area contributed by atoms with Crippen LogP contribution in [0.1, 0.15) is 155 Å². The molecule has 2 nitrogen and oxygen atoms in total. The van der Waals surface area contributed by atoms with Crippen LogP contribution in [0.3, 0.4) is 0 Å². The second-order valence-electron chi connectivity index (χ2n) is 28.8. The number of nitrogens with zero attached hydrogens (tertiary/aromatic N) is 2. The van der Waals surface area contributed by atoms with Crippen molar-refractivity contribution in [2.24, 2.45) is 0 Å². The van der Waals surface area contributed by atoms with E-state index in [0.29, 0.717) is 0 Å². The molecule has 0 bridgehead atoms. The molecule has 9 aromatic carbocycles. The van der Waals surface area contributed by atoms with Crippen LogP contribution < -0.4 is 15.7 Å². The molecule has 3 heterocycles. The number of hydrogen-bond acceptors (Lipinski definition) is 1. The highest BCUT2D eigenvalue weighted by Gasteiger charge is 2.50. The second-order valence-corrected chi connectivity index (χ2v) is 28.8. The van der Waals surface area contributed by atoms with Gasteiger partial charge >= 0.3 is 6.85 Å². The smallest absolute Gasteiger partial charge is 0.333 e. The van der Waals surface area contributed by atoms with Gasteiger partial charge in [0.1, 0.15) is 0 Å². The molecular formula is C76H75BN2. The maximum absolute atomic E-state index is 2.88. The Hall–Kier alpha value is -7.10. The Kier molecular flexibility index (Phi) is 10.1. The monoisotopic (exact) mass is 1030 g/mol. The molecule has 3 aliphatic carbocycles. The first-order valence-electron chi connectivity index (χ1n) is 29.7. The van der Waals surface area contributed by atoms with Crippen LogP contribution in [-0.4, -0.2) is 11.4 Å². The Morgan fingerprint density at radius 2 is 0.848 bits per heavy atom. The van der Waals surface area contributed by atoms with E-state index in [4.69, 9.17) is 0 Å². The van der Waals surface area contributed by atoms with E-state index in [1.165, 1.54) is 151 Å². The Morgan fingerprint density at radius 1 is 0.354 bits per heavy atom. The van der Waals surface area contributed by atoms with Crippen molar-refractivity contribution in [1.82, 2.24) is 4.57 Å². The molecule has 1 aromatic heterocycles. The van der Waals surface area contributed by atoms with Crippen molar-refractivity contribution in [1.29, 1.82) is 0 Å². The van der Waals surface area contributed by atoms with Crippen LogP contribution in [-0.2, 0) is 32.5 Å². The summed E-state index contributed by atoms with van der Waals surface area (Å²) in [6, 6.07) is 64.8. The number of benzene rings is 9. The zero-order valence-corrected chi connectivity index (χ0v) is 48.8. The molecule has 15 rings (SSSR count). The van der Waals surface area contributed by atoms with Gasteiger partial charge in [-0.05, 0) is 226 Å². The van der Waals surface area contributed by atoms with E-state index in [9.17, 15) is 0 Å². The Morgan fingerprint density at radius 3 is 1.44 bits per heavy atom. The summed E-state index contributed by atoms with van der Waals surface area (Å²) < 4.78 is 2.77. The van der Waals surface area contributed by atoms with E-state index in [0.717, 1.165) is 25.7 Å². The van der Waals surface area contributed by atoms with E-state index in [-0.39, 0.29) is 39.3 Å². The Labute approximate surface area is 470 Å². The van der Waals surface area contributed by atoms with E-state index in [2.05, 4.69) is 256 Å². The lowest BCUT2D eigenvalue weighted by Crippen LogP contribution is -2.61. The van der Waals surface area contributed by atoms with Crippen LogP contribution in [0.2, 0.25) is 0 Å². The van der Waals surface area contributed by atoms with Crippen LogP contribution >= 0.6 is 0 Å². The zero-order valence-electron chi connectivity index (χ0n) is 48.8. The van der Waals surface area contributed by atoms with Gasteiger partial charge in [0.05, 0.1) is 11.0 Å². The summed E-state index contributed by atoms with van der Waals surface area (Å²) >= 11 is 0. The Bertz CT molecular complexity index is 4200. The van der Waals surface area contributed by atoms with Crippen molar-refractivity contribution in [3.05, 3.63) is 197 Å². The van der Waals surface area contributed by atoms with Gasteiger partial charge in [-0.2, -0.15) is 0 Å². The minimum absolute atomic E-state index is 0.0135. The first kappa shape index (κ1) is 49.0. The summed E-state index contributed by atoms with van der Waals surface area (Å²) in [7, 11) is 0. The van der Waals surface area contributed by atoms with Gasteiger partial charge < -0.3 is 9.38 Å². The summed E-state index contributed by atoms with van der Waals surface area (Å²) in [5.74, 6) is 0.